The van der Waals surface area contributed by atoms with Gasteiger partial charge in [-0.15, -0.1) is 0 Å². The number of nitrogens with zero attached hydrogens (tertiary/aromatic N) is 3. The summed E-state index contributed by atoms with van der Waals surface area (Å²) in [4.78, 5) is 17.6. The van der Waals surface area contributed by atoms with Crippen molar-refractivity contribution >= 4 is 32.4 Å². The summed E-state index contributed by atoms with van der Waals surface area (Å²) in [6.07, 6.45) is 6.96. The molecule has 0 bridgehead atoms. The van der Waals surface area contributed by atoms with E-state index in [2.05, 4.69) is 11.9 Å². The minimum atomic E-state index is -3.24. The van der Waals surface area contributed by atoms with Crippen molar-refractivity contribution < 1.29 is 18.3 Å². The standard InChI is InChI=1S/C23H25N3O4S/c1-3-16-14-26(23(27)28)11-9-21(16)18-4-5-19(24-13-18)15-25-10-8-17-12-20(31(2,29)30)6-7-22(17)25/h4-10,12-13,16H,3,11,14-15H2,1-2H3,(H,27,28). The third-order valence-corrected chi connectivity index (χ3v) is 6.95. The second kappa shape index (κ2) is 8.19. The lowest BCUT2D eigenvalue weighted by molar-refractivity contribution is 0.144. The van der Waals surface area contributed by atoms with Crippen molar-refractivity contribution in [2.75, 3.05) is 19.3 Å². The number of carbonyl (C=O) groups is 1. The van der Waals surface area contributed by atoms with Gasteiger partial charge in [-0.3, -0.25) is 4.98 Å². The maximum Gasteiger partial charge on any atom is 0.407 e. The van der Waals surface area contributed by atoms with E-state index >= 15 is 0 Å². The van der Waals surface area contributed by atoms with E-state index < -0.39 is 15.9 Å². The first-order valence-corrected chi connectivity index (χ1v) is 12.1. The lowest BCUT2D eigenvalue weighted by atomic mass is 9.88. The van der Waals surface area contributed by atoms with Crippen LogP contribution in [0.3, 0.4) is 0 Å². The number of benzene rings is 1. The molecule has 1 unspecified atom stereocenters. The van der Waals surface area contributed by atoms with Crippen molar-refractivity contribution in [1.29, 1.82) is 0 Å². The molecule has 0 spiro atoms. The Morgan fingerprint density at radius 3 is 2.68 bits per heavy atom. The minimum absolute atomic E-state index is 0.162. The quantitative estimate of drug-likeness (QED) is 0.651. The summed E-state index contributed by atoms with van der Waals surface area (Å²) >= 11 is 0. The Labute approximate surface area is 181 Å². The van der Waals surface area contributed by atoms with Crippen LogP contribution in [0.15, 0.2) is 59.8 Å². The van der Waals surface area contributed by atoms with E-state index in [0.717, 1.165) is 34.2 Å². The molecule has 1 aliphatic heterocycles. The third kappa shape index (κ3) is 4.34. The fourth-order valence-corrected chi connectivity index (χ4v) is 4.74. The van der Waals surface area contributed by atoms with Crippen molar-refractivity contribution in [2.45, 2.75) is 24.8 Å². The van der Waals surface area contributed by atoms with E-state index in [-0.39, 0.29) is 5.92 Å². The molecule has 1 atom stereocenters. The zero-order valence-corrected chi connectivity index (χ0v) is 18.3. The molecule has 0 saturated carbocycles. The van der Waals surface area contributed by atoms with Crippen LogP contribution in [0.1, 0.15) is 24.6 Å². The van der Waals surface area contributed by atoms with Gasteiger partial charge in [-0.2, -0.15) is 0 Å². The molecule has 2 aromatic heterocycles. The second-order valence-corrected chi connectivity index (χ2v) is 9.94. The van der Waals surface area contributed by atoms with E-state index in [9.17, 15) is 18.3 Å². The molecule has 4 rings (SSSR count). The largest absolute Gasteiger partial charge is 0.465 e. The first kappa shape index (κ1) is 21.1. The summed E-state index contributed by atoms with van der Waals surface area (Å²) in [7, 11) is -3.24. The molecule has 3 aromatic rings. The van der Waals surface area contributed by atoms with Crippen LogP contribution >= 0.6 is 0 Å². The van der Waals surface area contributed by atoms with E-state index in [4.69, 9.17) is 0 Å². The molecular formula is C23H25N3O4S. The van der Waals surface area contributed by atoms with Crippen LogP contribution in [0.25, 0.3) is 16.5 Å². The number of sulfone groups is 1. The zero-order valence-electron chi connectivity index (χ0n) is 17.5. The van der Waals surface area contributed by atoms with Crippen LogP contribution in [0.5, 0.6) is 0 Å². The molecule has 0 aliphatic carbocycles. The molecular weight excluding hydrogens is 414 g/mol. The molecule has 162 valence electrons. The molecule has 1 aliphatic rings. The summed E-state index contributed by atoms with van der Waals surface area (Å²) in [6.45, 7) is 3.54. The molecule has 0 radical (unpaired) electrons. The normalized spacial score (nSPS) is 17.0. The number of pyridine rings is 1. The molecule has 1 amide bonds. The van der Waals surface area contributed by atoms with Gasteiger partial charge in [-0.1, -0.05) is 19.1 Å². The number of carboxylic acid groups (broad SMARTS) is 1. The van der Waals surface area contributed by atoms with Gasteiger partial charge in [0.25, 0.3) is 0 Å². The molecule has 8 heteroatoms. The highest BCUT2D eigenvalue weighted by Gasteiger charge is 2.25. The molecule has 3 heterocycles. The summed E-state index contributed by atoms with van der Waals surface area (Å²) in [5.41, 5.74) is 4.02. The Balaban J connectivity index is 1.55. The first-order valence-electron chi connectivity index (χ1n) is 10.2. The number of hydrogen-bond acceptors (Lipinski definition) is 4. The Hall–Kier alpha value is -3.13. The number of fused-ring (bicyclic) bond motifs is 1. The second-order valence-electron chi connectivity index (χ2n) is 7.93. The summed E-state index contributed by atoms with van der Waals surface area (Å²) in [6, 6.07) is 11.1. The number of rotatable bonds is 5. The monoisotopic (exact) mass is 439 g/mol. The van der Waals surface area contributed by atoms with E-state index in [1.165, 1.54) is 11.2 Å². The molecule has 1 aromatic carbocycles. The fraction of sp³-hybridized carbons (Fsp3) is 0.304. The van der Waals surface area contributed by atoms with Crippen LogP contribution in [-0.4, -0.2) is 53.4 Å². The maximum absolute atomic E-state index is 11.8. The maximum atomic E-state index is 11.8. The van der Waals surface area contributed by atoms with E-state index in [1.807, 2.05) is 47.3 Å². The average molecular weight is 440 g/mol. The summed E-state index contributed by atoms with van der Waals surface area (Å²) in [5, 5.41) is 10.1. The molecule has 7 nitrogen and oxygen atoms in total. The van der Waals surface area contributed by atoms with Crippen molar-refractivity contribution in [1.82, 2.24) is 14.5 Å². The highest BCUT2D eigenvalue weighted by atomic mass is 32.2. The summed E-state index contributed by atoms with van der Waals surface area (Å²) in [5.74, 6) is 0.162. The summed E-state index contributed by atoms with van der Waals surface area (Å²) < 4.78 is 25.6. The van der Waals surface area contributed by atoms with Crippen LogP contribution in [0.2, 0.25) is 0 Å². The van der Waals surface area contributed by atoms with Gasteiger partial charge < -0.3 is 14.6 Å². The van der Waals surface area contributed by atoms with Gasteiger partial charge in [0.1, 0.15) is 0 Å². The van der Waals surface area contributed by atoms with Gasteiger partial charge in [0.05, 0.1) is 17.1 Å². The molecule has 0 fully saturated rings. The lowest BCUT2D eigenvalue weighted by Gasteiger charge is -2.30. The number of aromatic nitrogens is 2. The Bertz CT molecular complexity index is 1260. The van der Waals surface area contributed by atoms with Crippen LogP contribution in [0, 0.1) is 5.92 Å². The molecule has 1 N–H and O–H groups in total. The fourth-order valence-electron chi connectivity index (χ4n) is 4.08. The smallest absolute Gasteiger partial charge is 0.407 e. The van der Waals surface area contributed by atoms with Crippen molar-refractivity contribution in [3.63, 3.8) is 0 Å². The predicted molar refractivity (Wildman–Crippen MR) is 120 cm³/mol. The molecule has 31 heavy (non-hydrogen) atoms. The zero-order chi connectivity index (χ0) is 22.2. The van der Waals surface area contributed by atoms with E-state index in [1.54, 1.807) is 12.1 Å². The van der Waals surface area contributed by atoms with Gasteiger partial charge in [0, 0.05) is 48.6 Å². The van der Waals surface area contributed by atoms with Crippen LogP contribution in [-0.2, 0) is 16.4 Å². The van der Waals surface area contributed by atoms with E-state index in [0.29, 0.717) is 24.5 Å². The highest BCUT2D eigenvalue weighted by molar-refractivity contribution is 7.90. The molecule has 0 saturated heterocycles. The van der Waals surface area contributed by atoms with Gasteiger partial charge in [0.2, 0.25) is 0 Å². The van der Waals surface area contributed by atoms with Gasteiger partial charge in [-0.25, -0.2) is 13.2 Å². The predicted octanol–water partition coefficient (Wildman–Crippen LogP) is 3.89. The third-order valence-electron chi connectivity index (χ3n) is 5.84. The van der Waals surface area contributed by atoms with Crippen LogP contribution in [0.4, 0.5) is 4.79 Å². The van der Waals surface area contributed by atoms with Crippen molar-refractivity contribution in [2.24, 2.45) is 5.92 Å². The SMILES string of the molecule is CCC1CN(C(=O)O)CC=C1c1ccc(Cn2ccc3cc(S(C)(=O)=O)ccc32)nc1. The topological polar surface area (TPSA) is 92.5 Å². The average Bonchev–Trinajstić information content (AvgIpc) is 3.15. The Morgan fingerprint density at radius 2 is 2.03 bits per heavy atom. The van der Waals surface area contributed by atoms with Gasteiger partial charge in [0.15, 0.2) is 9.84 Å². The first-order chi connectivity index (χ1) is 14.8. The minimum Gasteiger partial charge on any atom is -0.465 e. The van der Waals surface area contributed by atoms with Gasteiger partial charge in [-0.05, 0) is 47.9 Å². The Kier molecular flexibility index (Phi) is 5.58. The van der Waals surface area contributed by atoms with Gasteiger partial charge >= 0.3 is 6.09 Å². The number of hydrogen-bond donors (Lipinski definition) is 1. The van der Waals surface area contributed by atoms with Crippen LogP contribution < -0.4 is 0 Å². The highest BCUT2D eigenvalue weighted by Crippen LogP contribution is 2.30. The van der Waals surface area contributed by atoms with Crippen molar-refractivity contribution in [3.05, 3.63) is 66.1 Å². The van der Waals surface area contributed by atoms with Crippen molar-refractivity contribution in [3.8, 4) is 0 Å². The Morgan fingerprint density at radius 1 is 1.23 bits per heavy atom. The lowest BCUT2D eigenvalue weighted by Crippen LogP contribution is -2.37. The number of amides is 1.